The molecule has 0 spiro atoms. The van der Waals surface area contributed by atoms with Crippen LogP contribution < -0.4 is 10.3 Å². The summed E-state index contributed by atoms with van der Waals surface area (Å²) in [7, 11) is -0.514. The Balaban J connectivity index is 1.85. The molecule has 0 unspecified atom stereocenters. The predicted molar refractivity (Wildman–Crippen MR) is 78.6 cm³/mol. The number of pyridine rings is 1. The Morgan fingerprint density at radius 1 is 1.20 bits per heavy atom. The van der Waals surface area contributed by atoms with Gasteiger partial charge in [-0.2, -0.15) is 0 Å². The van der Waals surface area contributed by atoms with E-state index in [-0.39, 0.29) is 11.2 Å². The first-order chi connectivity index (χ1) is 9.27. The lowest BCUT2D eigenvalue weighted by Gasteiger charge is -2.32. The van der Waals surface area contributed by atoms with Crippen molar-refractivity contribution in [2.24, 2.45) is 0 Å². The van der Waals surface area contributed by atoms with Gasteiger partial charge in [-0.15, -0.1) is 0 Å². The average molecular weight is 296 g/mol. The smallest absolute Gasteiger partial charge is 0.490 e. The van der Waals surface area contributed by atoms with Crippen molar-refractivity contribution >= 4 is 24.3 Å². The van der Waals surface area contributed by atoms with Crippen LogP contribution in [-0.2, 0) is 9.31 Å². The van der Waals surface area contributed by atoms with Crippen LogP contribution in [0.2, 0.25) is 5.15 Å². The van der Waals surface area contributed by atoms with Crippen LogP contribution in [0.1, 0.15) is 40.5 Å². The van der Waals surface area contributed by atoms with Crippen LogP contribution in [-0.4, -0.2) is 29.4 Å². The van der Waals surface area contributed by atoms with Gasteiger partial charge >= 0.3 is 7.12 Å². The minimum absolute atomic E-state index is 0.319. The SMILES string of the molecule is CC1(C)OB(c2cc(OC3CC3)cc(Cl)n2)OC1(C)C. The summed E-state index contributed by atoms with van der Waals surface area (Å²) in [5, 5.41) is 0.396. The van der Waals surface area contributed by atoms with Crippen molar-refractivity contribution < 1.29 is 14.0 Å². The Bertz CT molecular complexity index is 515. The standard InChI is InChI=1S/C14H19BClNO3/c1-13(2)14(3,4)20-15(19-13)11-7-10(8-12(16)17-11)18-9-5-6-9/h7-9H,5-6H2,1-4H3. The highest BCUT2D eigenvalue weighted by Crippen LogP contribution is 2.36. The van der Waals surface area contributed by atoms with Crippen molar-refractivity contribution in [3.63, 3.8) is 0 Å². The molecule has 0 N–H and O–H groups in total. The van der Waals surface area contributed by atoms with Gasteiger partial charge in [0.05, 0.1) is 22.9 Å². The highest BCUT2D eigenvalue weighted by Gasteiger charge is 2.52. The molecule has 4 nitrogen and oxygen atoms in total. The fourth-order valence-electron chi connectivity index (χ4n) is 2.02. The van der Waals surface area contributed by atoms with Gasteiger partial charge in [-0.05, 0) is 46.6 Å². The molecular formula is C14H19BClNO3. The molecule has 2 aliphatic rings. The van der Waals surface area contributed by atoms with E-state index in [2.05, 4.69) is 4.98 Å². The van der Waals surface area contributed by atoms with Crippen LogP contribution in [0, 0.1) is 0 Å². The number of hydrogen-bond acceptors (Lipinski definition) is 4. The Hall–Kier alpha value is -0.775. The van der Waals surface area contributed by atoms with E-state index in [1.165, 1.54) is 0 Å². The van der Waals surface area contributed by atoms with Crippen molar-refractivity contribution in [1.82, 2.24) is 4.98 Å². The lowest BCUT2D eigenvalue weighted by atomic mass is 9.84. The normalized spacial score (nSPS) is 23.9. The summed E-state index contributed by atoms with van der Waals surface area (Å²) in [5.41, 5.74) is -0.120. The van der Waals surface area contributed by atoms with E-state index in [1.54, 1.807) is 6.07 Å². The molecule has 1 saturated carbocycles. The molecule has 0 atom stereocenters. The van der Waals surface area contributed by atoms with Gasteiger partial charge in [-0.25, -0.2) is 4.98 Å². The van der Waals surface area contributed by atoms with E-state index in [4.69, 9.17) is 25.6 Å². The largest absolute Gasteiger partial charge is 0.514 e. The Morgan fingerprint density at radius 2 is 1.80 bits per heavy atom. The van der Waals surface area contributed by atoms with Gasteiger partial charge in [0.15, 0.2) is 0 Å². The molecule has 1 aromatic rings. The predicted octanol–water partition coefficient (Wildman–Crippen LogP) is 2.58. The van der Waals surface area contributed by atoms with Crippen LogP contribution in [0.4, 0.5) is 0 Å². The molecular weight excluding hydrogens is 276 g/mol. The molecule has 0 radical (unpaired) electrons. The molecule has 2 heterocycles. The molecule has 1 aliphatic heterocycles. The summed E-state index contributed by atoms with van der Waals surface area (Å²) >= 11 is 6.07. The van der Waals surface area contributed by atoms with E-state index in [1.807, 2.05) is 33.8 Å². The van der Waals surface area contributed by atoms with Crippen molar-refractivity contribution in [2.45, 2.75) is 57.8 Å². The van der Waals surface area contributed by atoms with Gasteiger partial charge in [-0.1, -0.05) is 11.6 Å². The van der Waals surface area contributed by atoms with Gasteiger partial charge in [0.25, 0.3) is 0 Å². The molecule has 3 rings (SSSR count). The number of ether oxygens (including phenoxy) is 1. The number of aromatic nitrogens is 1. The second kappa shape index (κ2) is 4.62. The van der Waals surface area contributed by atoms with Gasteiger partial charge < -0.3 is 14.0 Å². The number of halogens is 1. The number of hydrogen-bond donors (Lipinski definition) is 0. The van der Waals surface area contributed by atoms with Crippen LogP contribution in [0.5, 0.6) is 5.75 Å². The Morgan fingerprint density at radius 3 is 2.35 bits per heavy atom. The molecule has 6 heteroatoms. The first kappa shape index (κ1) is 14.2. The molecule has 1 aliphatic carbocycles. The van der Waals surface area contributed by atoms with Crippen molar-refractivity contribution in [3.8, 4) is 5.75 Å². The second-order valence-electron chi connectivity index (χ2n) is 6.46. The Kier molecular flexibility index (Phi) is 3.27. The molecule has 0 aromatic carbocycles. The van der Waals surface area contributed by atoms with Crippen LogP contribution in [0.15, 0.2) is 12.1 Å². The maximum atomic E-state index is 6.07. The monoisotopic (exact) mass is 295 g/mol. The third-order valence-electron chi connectivity index (χ3n) is 4.11. The average Bonchev–Trinajstić information content (AvgIpc) is 3.06. The van der Waals surface area contributed by atoms with Gasteiger partial charge in [0.1, 0.15) is 10.9 Å². The summed E-state index contributed by atoms with van der Waals surface area (Å²) in [6, 6.07) is 3.58. The van der Waals surface area contributed by atoms with E-state index in [9.17, 15) is 0 Å². The van der Waals surface area contributed by atoms with Gasteiger partial charge in [0.2, 0.25) is 0 Å². The third kappa shape index (κ3) is 2.67. The van der Waals surface area contributed by atoms with Crippen molar-refractivity contribution in [1.29, 1.82) is 0 Å². The summed E-state index contributed by atoms with van der Waals surface area (Å²) in [6.45, 7) is 8.05. The zero-order valence-electron chi connectivity index (χ0n) is 12.3. The molecule has 20 heavy (non-hydrogen) atoms. The molecule has 1 saturated heterocycles. The zero-order valence-corrected chi connectivity index (χ0v) is 13.0. The van der Waals surface area contributed by atoms with Crippen LogP contribution in [0.3, 0.4) is 0 Å². The first-order valence-corrected chi connectivity index (χ1v) is 7.34. The summed E-state index contributed by atoms with van der Waals surface area (Å²) in [6.07, 6.45) is 2.52. The second-order valence-corrected chi connectivity index (χ2v) is 6.84. The number of rotatable bonds is 3. The quantitative estimate of drug-likeness (QED) is 0.635. The first-order valence-electron chi connectivity index (χ1n) is 6.97. The van der Waals surface area contributed by atoms with E-state index in [0.717, 1.165) is 18.6 Å². The summed E-state index contributed by atoms with van der Waals surface area (Å²) in [4.78, 5) is 4.31. The summed E-state index contributed by atoms with van der Waals surface area (Å²) in [5.74, 6) is 0.734. The van der Waals surface area contributed by atoms with Gasteiger partial charge in [0, 0.05) is 6.07 Å². The lowest BCUT2D eigenvalue weighted by molar-refractivity contribution is 0.00578. The fourth-order valence-corrected chi connectivity index (χ4v) is 2.23. The molecule has 0 amide bonds. The number of nitrogens with zero attached hydrogens (tertiary/aromatic N) is 1. The third-order valence-corrected chi connectivity index (χ3v) is 4.30. The molecule has 108 valence electrons. The fraction of sp³-hybridized carbons (Fsp3) is 0.643. The maximum Gasteiger partial charge on any atom is 0.514 e. The van der Waals surface area contributed by atoms with Crippen LogP contribution in [0.25, 0.3) is 0 Å². The van der Waals surface area contributed by atoms with E-state index < -0.39 is 7.12 Å². The van der Waals surface area contributed by atoms with Crippen molar-refractivity contribution in [2.75, 3.05) is 0 Å². The molecule has 0 bridgehead atoms. The maximum absolute atomic E-state index is 6.07. The van der Waals surface area contributed by atoms with Gasteiger partial charge in [-0.3, -0.25) is 0 Å². The highest BCUT2D eigenvalue weighted by atomic mass is 35.5. The van der Waals surface area contributed by atoms with E-state index in [0.29, 0.717) is 16.9 Å². The minimum Gasteiger partial charge on any atom is -0.490 e. The van der Waals surface area contributed by atoms with Crippen LogP contribution >= 0.6 is 11.6 Å². The Labute approximate surface area is 124 Å². The zero-order chi connectivity index (χ0) is 14.5. The summed E-state index contributed by atoms with van der Waals surface area (Å²) < 4.78 is 17.7. The lowest BCUT2D eigenvalue weighted by Crippen LogP contribution is -2.41. The highest BCUT2D eigenvalue weighted by molar-refractivity contribution is 6.61. The molecule has 2 fully saturated rings. The van der Waals surface area contributed by atoms with Crippen molar-refractivity contribution in [3.05, 3.63) is 17.3 Å². The molecule has 1 aromatic heterocycles. The minimum atomic E-state index is -0.514. The van der Waals surface area contributed by atoms with E-state index >= 15 is 0 Å². The topological polar surface area (TPSA) is 40.6 Å².